The molecule has 0 bridgehead atoms. The number of carbonyl (C=O) groups is 1. The van der Waals surface area contributed by atoms with Crippen LogP contribution in [-0.4, -0.2) is 46.8 Å². The summed E-state index contributed by atoms with van der Waals surface area (Å²) >= 11 is 0. The summed E-state index contributed by atoms with van der Waals surface area (Å²) in [6.07, 6.45) is 3.86. The quantitative estimate of drug-likeness (QED) is 0.814. The molecule has 0 aromatic carbocycles. The van der Waals surface area contributed by atoms with E-state index in [-0.39, 0.29) is 5.97 Å². The number of carbonyl (C=O) groups excluding carboxylic acids is 1. The Labute approximate surface area is 112 Å². The van der Waals surface area contributed by atoms with Crippen molar-refractivity contribution in [1.82, 2.24) is 9.88 Å². The van der Waals surface area contributed by atoms with Gasteiger partial charge in [0.25, 0.3) is 0 Å². The van der Waals surface area contributed by atoms with Crippen LogP contribution >= 0.6 is 0 Å². The van der Waals surface area contributed by atoms with E-state index in [1.165, 1.54) is 13.3 Å². The molecule has 5 nitrogen and oxygen atoms in total. The Hall–Kier alpha value is -1.46. The van der Waals surface area contributed by atoms with E-state index in [2.05, 4.69) is 14.6 Å². The van der Waals surface area contributed by atoms with Gasteiger partial charge in [0.05, 0.1) is 24.0 Å². The SMILES string of the molecule is COC(=O)c1ccc(CN2CC(O)(C3CC3)C2)nc1. The first kappa shape index (κ1) is 12.6. The number of hydrogen-bond acceptors (Lipinski definition) is 5. The fraction of sp³-hybridized carbons (Fsp3) is 0.571. The number of β-amino-alcohol motifs (C(OH)–C–C–N with tert-alkyl or cyclic N) is 1. The number of aromatic nitrogens is 1. The second kappa shape index (κ2) is 4.58. The van der Waals surface area contributed by atoms with Crippen LogP contribution in [0.4, 0.5) is 0 Å². The number of ether oxygens (including phenoxy) is 1. The molecule has 0 unspecified atom stereocenters. The van der Waals surface area contributed by atoms with E-state index in [4.69, 9.17) is 0 Å². The Bertz CT molecular complexity index is 476. The number of nitrogens with zero attached hydrogens (tertiary/aromatic N) is 2. The zero-order chi connectivity index (χ0) is 13.5. The van der Waals surface area contributed by atoms with Crippen LogP contribution in [0.1, 0.15) is 28.9 Å². The summed E-state index contributed by atoms with van der Waals surface area (Å²) < 4.78 is 4.63. The first-order valence-corrected chi connectivity index (χ1v) is 6.59. The number of rotatable bonds is 4. The Balaban J connectivity index is 1.55. The van der Waals surface area contributed by atoms with Crippen LogP contribution in [-0.2, 0) is 11.3 Å². The summed E-state index contributed by atoms with van der Waals surface area (Å²) in [5, 5.41) is 10.2. The maximum absolute atomic E-state index is 11.3. The molecule has 1 saturated heterocycles. The molecule has 19 heavy (non-hydrogen) atoms. The van der Waals surface area contributed by atoms with E-state index in [1.807, 2.05) is 6.07 Å². The third-order valence-corrected chi connectivity index (χ3v) is 3.96. The molecule has 2 fully saturated rings. The minimum atomic E-state index is -0.452. The van der Waals surface area contributed by atoms with E-state index in [1.54, 1.807) is 6.07 Å². The van der Waals surface area contributed by atoms with Crippen molar-refractivity contribution in [2.75, 3.05) is 20.2 Å². The lowest BCUT2D eigenvalue weighted by atomic mass is 9.88. The molecule has 1 aliphatic carbocycles. The molecule has 1 aromatic rings. The van der Waals surface area contributed by atoms with Crippen molar-refractivity contribution < 1.29 is 14.6 Å². The predicted octanol–water partition coefficient (Wildman–Crippen LogP) is 0.825. The minimum absolute atomic E-state index is 0.369. The van der Waals surface area contributed by atoms with Crippen molar-refractivity contribution in [1.29, 1.82) is 0 Å². The normalized spacial score (nSPS) is 21.8. The van der Waals surface area contributed by atoms with Gasteiger partial charge in [-0.05, 0) is 30.9 Å². The molecular weight excluding hydrogens is 244 g/mol. The van der Waals surface area contributed by atoms with Crippen molar-refractivity contribution in [2.45, 2.75) is 25.0 Å². The van der Waals surface area contributed by atoms with Crippen molar-refractivity contribution in [3.8, 4) is 0 Å². The topological polar surface area (TPSA) is 62.7 Å². The zero-order valence-corrected chi connectivity index (χ0v) is 11.0. The highest BCUT2D eigenvalue weighted by Gasteiger charge is 2.51. The van der Waals surface area contributed by atoms with Gasteiger partial charge in [-0.25, -0.2) is 4.79 Å². The lowest BCUT2D eigenvalue weighted by Crippen LogP contribution is -2.62. The van der Waals surface area contributed by atoms with Gasteiger partial charge < -0.3 is 9.84 Å². The van der Waals surface area contributed by atoms with Gasteiger partial charge in [-0.15, -0.1) is 0 Å². The van der Waals surface area contributed by atoms with Crippen LogP contribution in [0.15, 0.2) is 18.3 Å². The fourth-order valence-corrected chi connectivity index (χ4v) is 2.70. The van der Waals surface area contributed by atoms with Crippen molar-refractivity contribution in [3.05, 3.63) is 29.6 Å². The summed E-state index contributed by atoms with van der Waals surface area (Å²) in [5.41, 5.74) is 0.918. The highest BCUT2D eigenvalue weighted by molar-refractivity contribution is 5.88. The molecule has 1 aliphatic heterocycles. The number of likely N-dealkylation sites (tertiary alicyclic amines) is 1. The van der Waals surface area contributed by atoms with Crippen molar-refractivity contribution >= 4 is 5.97 Å². The van der Waals surface area contributed by atoms with Crippen molar-refractivity contribution in [3.63, 3.8) is 0 Å². The Morgan fingerprint density at radius 2 is 2.26 bits per heavy atom. The highest BCUT2D eigenvalue weighted by Crippen LogP contribution is 2.44. The largest absolute Gasteiger partial charge is 0.465 e. The molecule has 5 heteroatoms. The third-order valence-electron chi connectivity index (χ3n) is 3.96. The molecule has 2 heterocycles. The third kappa shape index (κ3) is 2.48. The molecule has 1 saturated carbocycles. The number of esters is 1. The minimum Gasteiger partial charge on any atom is -0.465 e. The van der Waals surface area contributed by atoms with E-state index in [9.17, 15) is 9.90 Å². The van der Waals surface area contributed by atoms with E-state index < -0.39 is 5.60 Å². The summed E-state index contributed by atoms with van der Waals surface area (Å²) in [7, 11) is 1.36. The van der Waals surface area contributed by atoms with Gasteiger partial charge in [-0.3, -0.25) is 9.88 Å². The first-order chi connectivity index (χ1) is 9.10. The number of hydrogen-bond donors (Lipinski definition) is 1. The second-order valence-corrected chi connectivity index (χ2v) is 5.55. The van der Waals surface area contributed by atoms with E-state index in [0.717, 1.165) is 38.2 Å². The van der Waals surface area contributed by atoms with E-state index >= 15 is 0 Å². The number of pyridine rings is 1. The molecule has 2 aliphatic rings. The standard InChI is InChI=1S/C14H18N2O3/c1-19-13(17)10-2-5-12(15-6-10)7-16-8-14(18,9-16)11-3-4-11/h2,5-6,11,18H,3-4,7-9H2,1H3. The van der Waals surface area contributed by atoms with Gasteiger partial charge in [0, 0.05) is 25.8 Å². The van der Waals surface area contributed by atoms with Crippen LogP contribution in [0.5, 0.6) is 0 Å². The van der Waals surface area contributed by atoms with Crippen molar-refractivity contribution in [2.24, 2.45) is 5.92 Å². The lowest BCUT2D eigenvalue weighted by molar-refractivity contribution is -0.117. The summed E-state index contributed by atoms with van der Waals surface area (Å²) in [6, 6.07) is 3.56. The van der Waals surface area contributed by atoms with Gasteiger partial charge in [-0.1, -0.05) is 0 Å². The molecule has 0 atom stereocenters. The summed E-state index contributed by atoms with van der Waals surface area (Å²) in [4.78, 5) is 17.7. The molecule has 3 rings (SSSR count). The maximum atomic E-state index is 11.3. The number of aliphatic hydroxyl groups is 1. The average molecular weight is 262 g/mol. The van der Waals surface area contributed by atoms with Gasteiger partial charge in [0.2, 0.25) is 0 Å². The molecule has 0 radical (unpaired) electrons. The van der Waals surface area contributed by atoms with Crippen LogP contribution in [0, 0.1) is 5.92 Å². The summed E-state index contributed by atoms with van der Waals surface area (Å²) in [5.74, 6) is 0.143. The number of methoxy groups -OCH3 is 1. The zero-order valence-electron chi connectivity index (χ0n) is 11.0. The van der Waals surface area contributed by atoms with E-state index in [0.29, 0.717) is 11.5 Å². The van der Waals surface area contributed by atoms with Crippen LogP contribution in [0.3, 0.4) is 0 Å². The fourth-order valence-electron chi connectivity index (χ4n) is 2.70. The van der Waals surface area contributed by atoms with Crippen LogP contribution in [0.2, 0.25) is 0 Å². The van der Waals surface area contributed by atoms with Gasteiger partial charge in [0.15, 0.2) is 0 Å². The van der Waals surface area contributed by atoms with Gasteiger partial charge in [0.1, 0.15) is 0 Å². The molecule has 0 amide bonds. The smallest absolute Gasteiger partial charge is 0.339 e. The molecule has 1 N–H and O–H groups in total. The highest BCUT2D eigenvalue weighted by atomic mass is 16.5. The second-order valence-electron chi connectivity index (χ2n) is 5.55. The Kier molecular flexibility index (Phi) is 3.03. The molecule has 102 valence electrons. The molecule has 1 aromatic heterocycles. The molecular formula is C14H18N2O3. The van der Waals surface area contributed by atoms with Gasteiger partial charge in [-0.2, -0.15) is 0 Å². The Morgan fingerprint density at radius 3 is 2.79 bits per heavy atom. The maximum Gasteiger partial charge on any atom is 0.339 e. The molecule has 0 spiro atoms. The van der Waals surface area contributed by atoms with Crippen LogP contribution < -0.4 is 0 Å². The van der Waals surface area contributed by atoms with Gasteiger partial charge >= 0.3 is 5.97 Å². The van der Waals surface area contributed by atoms with Crippen LogP contribution in [0.25, 0.3) is 0 Å². The monoisotopic (exact) mass is 262 g/mol. The predicted molar refractivity (Wildman–Crippen MR) is 68.5 cm³/mol. The first-order valence-electron chi connectivity index (χ1n) is 6.59. The lowest BCUT2D eigenvalue weighted by Gasteiger charge is -2.47. The summed E-state index contributed by atoms with van der Waals surface area (Å²) in [6.45, 7) is 2.19. The Morgan fingerprint density at radius 1 is 1.53 bits per heavy atom. The average Bonchev–Trinajstić information content (AvgIpc) is 3.21.